The number of methoxy groups -OCH3 is 2. The Balaban J connectivity index is 2.21. The molecule has 0 saturated carbocycles. The first-order chi connectivity index (χ1) is 9.26. The monoisotopic (exact) mass is 263 g/mol. The molecule has 0 bridgehead atoms. The predicted molar refractivity (Wildman–Crippen MR) is 68.4 cm³/mol. The molecular weight excluding hydrogens is 246 g/mol. The minimum absolute atomic E-state index is 0.335. The lowest BCUT2D eigenvalue weighted by Crippen LogP contribution is -2.17. The molecule has 2 aromatic rings. The number of aromatic nitrogens is 2. The van der Waals surface area contributed by atoms with Crippen molar-refractivity contribution in [3.63, 3.8) is 0 Å². The first-order valence-corrected chi connectivity index (χ1v) is 5.92. The van der Waals surface area contributed by atoms with Gasteiger partial charge in [0.05, 0.1) is 12.6 Å². The SMILES string of the molecule is COCC(N)c1noc(C(OC)c2ccccc2)n1. The van der Waals surface area contributed by atoms with Gasteiger partial charge >= 0.3 is 0 Å². The third kappa shape index (κ3) is 3.17. The molecule has 0 spiro atoms. The Bertz CT molecular complexity index is 501. The van der Waals surface area contributed by atoms with Gasteiger partial charge in [0.2, 0.25) is 0 Å². The lowest BCUT2D eigenvalue weighted by atomic mass is 10.1. The second-order valence-corrected chi connectivity index (χ2v) is 4.08. The summed E-state index contributed by atoms with van der Waals surface area (Å²) in [7, 11) is 3.17. The highest BCUT2D eigenvalue weighted by Gasteiger charge is 2.22. The van der Waals surface area contributed by atoms with Crippen LogP contribution in [0.5, 0.6) is 0 Å². The fourth-order valence-corrected chi connectivity index (χ4v) is 1.77. The molecule has 102 valence electrons. The Hall–Kier alpha value is -1.76. The van der Waals surface area contributed by atoms with Crippen LogP contribution in [-0.4, -0.2) is 31.0 Å². The molecule has 1 aromatic carbocycles. The standard InChI is InChI=1S/C13H17N3O3/c1-17-8-10(14)12-15-13(19-16-12)11(18-2)9-6-4-3-5-7-9/h3-7,10-11H,8,14H2,1-2H3. The zero-order valence-electron chi connectivity index (χ0n) is 10.9. The lowest BCUT2D eigenvalue weighted by molar-refractivity contribution is 0.105. The van der Waals surface area contributed by atoms with Crippen LogP contribution in [0.1, 0.15) is 29.4 Å². The third-order valence-corrected chi connectivity index (χ3v) is 2.70. The lowest BCUT2D eigenvalue weighted by Gasteiger charge is -2.10. The summed E-state index contributed by atoms with van der Waals surface area (Å²) in [4.78, 5) is 4.27. The summed E-state index contributed by atoms with van der Waals surface area (Å²) >= 11 is 0. The summed E-state index contributed by atoms with van der Waals surface area (Å²) < 4.78 is 15.6. The number of hydrogen-bond acceptors (Lipinski definition) is 6. The van der Waals surface area contributed by atoms with E-state index in [1.807, 2.05) is 30.3 Å². The summed E-state index contributed by atoms with van der Waals surface area (Å²) in [5.41, 5.74) is 6.79. The van der Waals surface area contributed by atoms with Gasteiger partial charge in [-0.1, -0.05) is 35.5 Å². The molecule has 6 nitrogen and oxygen atoms in total. The zero-order valence-corrected chi connectivity index (χ0v) is 10.9. The smallest absolute Gasteiger partial charge is 0.260 e. The highest BCUT2D eigenvalue weighted by Crippen LogP contribution is 2.24. The van der Waals surface area contributed by atoms with E-state index in [-0.39, 0.29) is 0 Å². The second-order valence-electron chi connectivity index (χ2n) is 4.08. The van der Waals surface area contributed by atoms with Crippen LogP contribution in [0.25, 0.3) is 0 Å². The molecule has 0 amide bonds. The molecule has 2 N–H and O–H groups in total. The highest BCUT2D eigenvalue weighted by molar-refractivity contribution is 5.22. The van der Waals surface area contributed by atoms with Gasteiger partial charge in [0, 0.05) is 14.2 Å². The Morgan fingerprint density at radius 2 is 2.00 bits per heavy atom. The van der Waals surface area contributed by atoms with Crippen molar-refractivity contribution < 1.29 is 14.0 Å². The van der Waals surface area contributed by atoms with Gasteiger partial charge < -0.3 is 19.7 Å². The summed E-state index contributed by atoms with van der Waals surface area (Å²) in [5, 5.41) is 3.86. The number of rotatable bonds is 6. The van der Waals surface area contributed by atoms with Crippen LogP contribution in [0.3, 0.4) is 0 Å². The van der Waals surface area contributed by atoms with Crippen molar-refractivity contribution in [1.82, 2.24) is 10.1 Å². The van der Waals surface area contributed by atoms with Gasteiger partial charge in [-0.15, -0.1) is 0 Å². The largest absolute Gasteiger partial charge is 0.383 e. The topological polar surface area (TPSA) is 83.4 Å². The van der Waals surface area contributed by atoms with E-state index in [0.717, 1.165) is 5.56 Å². The minimum atomic E-state index is -0.407. The Labute approximate surface area is 111 Å². The number of hydrogen-bond donors (Lipinski definition) is 1. The van der Waals surface area contributed by atoms with Crippen LogP contribution < -0.4 is 5.73 Å². The van der Waals surface area contributed by atoms with E-state index in [1.165, 1.54) is 0 Å². The van der Waals surface area contributed by atoms with Crippen molar-refractivity contribution in [2.75, 3.05) is 20.8 Å². The molecule has 19 heavy (non-hydrogen) atoms. The van der Waals surface area contributed by atoms with Crippen molar-refractivity contribution in [2.24, 2.45) is 5.73 Å². The van der Waals surface area contributed by atoms with Crippen molar-refractivity contribution in [3.8, 4) is 0 Å². The Morgan fingerprint density at radius 3 is 2.63 bits per heavy atom. The van der Waals surface area contributed by atoms with Crippen molar-refractivity contribution >= 4 is 0 Å². The van der Waals surface area contributed by atoms with E-state index in [4.69, 9.17) is 19.7 Å². The van der Waals surface area contributed by atoms with Crippen LogP contribution in [0.4, 0.5) is 0 Å². The van der Waals surface area contributed by atoms with E-state index in [1.54, 1.807) is 14.2 Å². The molecule has 2 unspecified atom stereocenters. The van der Waals surface area contributed by atoms with E-state index in [9.17, 15) is 0 Å². The molecule has 1 heterocycles. The fourth-order valence-electron chi connectivity index (χ4n) is 1.77. The van der Waals surface area contributed by atoms with E-state index in [0.29, 0.717) is 18.3 Å². The maximum atomic E-state index is 5.85. The Morgan fingerprint density at radius 1 is 1.26 bits per heavy atom. The maximum Gasteiger partial charge on any atom is 0.260 e. The molecule has 6 heteroatoms. The molecule has 0 radical (unpaired) electrons. The number of ether oxygens (including phenoxy) is 2. The van der Waals surface area contributed by atoms with Gasteiger partial charge in [-0.05, 0) is 5.56 Å². The van der Waals surface area contributed by atoms with Crippen LogP contribution in [0.15, 0.2) is 34.9 Å². The third-order valence-electron chi connectivity index (χ3n) is 2.70. The van der Waals surface area contributed by atoms with Gasteiger partial charge in [-0.25, -0.2) is 0 Å². The minimum Gasteiger partial charge on any atom is -0.383 e. The fraction of sp³-hybridized carbons (Fsp3) is 0.385. The molecule has 1 aromatic heterocycles. The first-order valence-electron chi connectivity index (χ1n) is 5.92. The zero-order chi connectivity index (χ0) is 13.7. The number of benzene rings is 1. The van der Waals surface area contributed by atoms with E-state index in [2.05, 4.69) is 10.1 Å². The van der Waals surface area contributed by atoms with Gasteiger partial charge in [-0.3, -0.25) is 0 Å². The maximum absolute atomic E-state index is 5.85. The molecule has 0 aliphatic heterocycles. The number of nitrogens with zero attached hydrogens (tertiary/aromatic N) is 2. The molecule has 2 atom stereocenters. The summed E-state index contributed by atoms with van der Waals surface area (Å²) in [6.07, 6.45) is -0.391. The average molecular weight is 263 g/mol. The van der Waals surface area contributed by atoms with Crippen molar-refractivity contribution in [3.05, 3.63) is 47.6 Å². The van der Waals surface area contributed by atoms with Crippen molar-refractivity contribution in [2.45, 2.75) is 12.1 Å². The molecule has 0 aliphatic rings. The Kier molecular flexibility index (Phi) is 4.62. The summed E-state index contributed by atoms with van der Waals surface area (Å²) in [5.74, 6) is 0.796. The van der Waals surface area contributed by atoms with Gasteiger partial charge in [0.25, 0.3) is 5.89 Å². The summed E-state index contributed by atoms with van der Waals surface area (Å²) in [6.45, 7) is 0.335. The predicted octanol–water partition coefficient (Wildman–Crippen LogP) is 1.45. The normalized spacial score (nSPS) is 14.3. The average Bonchev–Trinajstić information content (AvgIpc) is 2.91. The molecule has 0 fully saturated rings. The summed E-state index contributed by atoms with van der Waals surface area (Å²) in [6, 6.07) is 9.25. The molecule has 2 rings (SSSR count). The van der Waals surface area contributed by atoms with Crippen LogP contribution in [0, 0.1) is 0 Å². The van der Waals surface area contributed by atoms with Gasteiger partial charge in [-0.2, -0.15) is 4.98 Å². The van der Waals surface area contributed by atoms with E-state index < -0.39 is 12.1 Å². The van der Waals surface area contributed by atoms with E-state index >= 15 is 0 Å². The first kappa shape index (κ1) is 13.7. The van der Waals surface area contributed by atoms with Gasteiger partial charge in [0.1, 0.15) is 0 Å². The van der Waals surface area contributed by atoms with Crippen LogP contribution in [0.2, 0.25) is 0 Å². The van der Waals surface area contributed by atoms with Crippen LogP contribution in [-0.2, 0) is 9.47 Å². The van der Waals surface area contributed by atoms with Gasteiger partial charge in [0.15, 0.2) is 11.9 Å². The quantitative estimate of drug-likeness (QED) is 0.849. The van der Waals surface area contributed by atoms with Crippen molar-refractivity contribution in [1.29, 1.82) is 0 Å². The van der Waals surface area contributed by atoms with Crippen LogP contribution >= 0.6 is 0 Å². The number of nitrogens with two attached hydrogens (primary N) is 1. The molecular formula is C13H17N3O3. The highest BCUT2D eigenvalue weighted by atomic mass is 16.5. The molecule has 0 saturated heterocycles. The molecule has 0 aliphatic carbocycles. The second kappa shape index (κ2) is 6.42.